The largest absolute Gasteiger partial charge is 0.490 e. The molecule has 0 N–H and O–H groups in total. The van der Waals surface area contributed by atoms with Gasteiger partial charge in [0.05, 0.1) is 25.4 Å². The maximum Gasteiger partial charge on any atom is 0.358 e. The molecule has 0 unspecified atom stereocenters. The standard InChI is InChI=1S/C20H23N3O6/c1-4-27-19(25)14-11-16(20(26)28-5-2)23(21-14)12-17(24)13-6-7-18-15(10-13)22(3)8-9-29-18/h6-7,10-11H,4-5,8-9,12H2,1-3H3. The van der Waals surface area contributed by atoms with E-state index in [1.54, 1.807) is 32.0 Å². The molecule has 1 aliphatic heterocycles. The second-order valence-electron chi connectivity index (χ2n) is 6.39. The highest BCUT2D eigenvalue weighted by Crippen LogP contribution is 2.31. The average Bonchev–Trinajstić information content (AvgIpc) is 3.12. The smallest absolute Gasteiger partial charge is 0.358 e. The number of hydrogen-bond donors (Lipinski definition) is 0. The zero-order valence-electron chi connectivity index (χ0n) is 16.6. The molecule has 3 rings (SSSR count). The van der Waals surface area contributed by atoms with E-state index in [1.165, 1.54) is 10.7 Å². The summed E-state index contributed by atoms with van der Waals surface area (Å²) < 4.78 is 16.7. The molecular formula is C20H23N3O6. The third-order valence-electron chi connectivity index (χ3n) is 4.42. The van der Waals surface area contributed by atoms with Crippen LogP contribution in [0.1, 0.15) is 45.2 Å². The van der Waals surface area contributed by atoms with Crippen molar-refractivity contribution < 1.29 is 28.6 Å². The maximum atomic E-state index is 12.9. The minimum absolute atomic E-state index is 0.0154. The van der Waals surface area contributed by atoms with Crippen LogP contribution in [0.3, 0.4) is 0 Å². The van der Waals surface area contributed by atoms with Gasteiger partial charge in [-0.1, -0.05) is 0 Å². The topological polar surface area (TPSA) is 100.0 Å². The number of anilines is 1. The van der Waals surface area contributed by atoms with Crippen molar-refractivity contribution in [1.29, 1.82) is 0 Å². The molecule has 9 nitrogen and oxygen atoms in total. The van der Waals surface area contributed by atoms with Crippen molar-refractivity contribution in [3.8, 4) is 5.75 Å². The van der Waals surface area contributed by atoms with Crippen molar-refractivity contribution in [1.82, 2.24) is 9.78 Å². The number of fused-ring (bicyclic) bond motifs is 1. The van der Waals surface area contributed by atoms with Crippen LogP contribution in [-0.2, 0) is 16.0 Å². The zero-order valence-corrected chi connectivity index (χ0v) is 16.6. The maximum absolute atomic E-state index is 12.9. The number of benzene rings is 1. The van der Waals surface area contributed by atoms with E-state index in [0.717, 1.165) is 12.2 Å². The first-order chi connectivity index (χ1) is 13.9. The number of carbonyl (C=O) groups is 3. The molecule has 0 fully saturated rings. The molecule has 29 heavy (non-hydrogen) atoms. The molecule has 1 aromatic carbocycles. The number of esters is 2. The molecule has 1 aliphatic rings. The summed E-state index contributed by atoms with van der Waals surface area (Å²) in [5, 5.41) is 4.09. The van der Waals surface area contributed by atoms with E-state index in [2.05, 4.69) is 5.10 Å². The number of nitrogens with zero attached hydrogens (tertiary/aromatic N) is 3. The SMILES string of the molecule is CCOC(=O)c1cc(C(=O)OCC)n(CC(=O)c2ccc3c(c2)N(C)CCO3)n1. The number of ether oxygens (including phenoxy) is 3. The van der Waals surface area contributed by atoms with Gasteiger partial charge in [-0.3, -0.25) is 4.79 Å². The van der Waals surface area contributed by atoms with Crippen LogP contribution in [0.4, 0.5) is 5.69 Å². The summed E-state index contributed by atoms with van der Waals surface area (Å²) in [5.74, 6) is -0.888. The third-order valence-corrected chi connectivity index (χ3v) is 4.42. The van der Waals surface area contributed by atoms with Crippen LogP contribution >= 0.6 is 0 Å². The number of aromatic nitrogens is 2. The van der Waals surface area contributed by atoms with Crippen molar-refractivity contribution in [3.63, 3.8) is 0 Å². The van der Waals surface area contributed by atoms with Crippen molar-refractivity contribution in [3.05, 3.63) is 41.2 Å². The Labute approximate surface area is 168 Å². The first-order valence-electron chi connectivity index (χ1n) is 9.37. The van der Waals surface area contributed by atoms with Crippen LogP contribution in [0.5, 0.6) is 5.75 Å². The minimum atomic E-state index is -0.670. The molecule has 154 valence electrons. The van der Waals surface area contributed by atoms with E-state index in [4.69, 9.17) is 14.2 Å². The molecule has 9 heteroatoms. The summed E-state index contributed by atoms with van der Waals surface area (Å²) in [5.41, 5.74) is 1.23. The Morgan fingerprint density at radius 3 is 2.55 bits per heavy atom. The first-order valence-corrected chi connectivity index (χ1v) is 9.37. The van der Waals surface area contributed by atoms with E-state index in [0.29, 0.717) is 17.9 Å². The monoisotopic (exact) mass is 401 g/mol. The van der Waals surface area contributed by atoms with E-state index in [9.17, 15) is 14.4 Å². The Morgan fingerprint density at radius 2 is 1.83 bits per heavy atom. The van der Waals surface area contributed by atoms with E-state index in [-0.39, 0.29) is 36.9 Å². The highest BCUT2D eigenvalue weighted by Gasteiger charge is 2.23. The molecule has 0 amide bonds. The lowest BCUT2D eigenvalue weighted by Gasteiger charge is -2.27. The van der Waals surface area contributed by atoms with Gasteiger partial charge in [-0.15, -0.1) is 0 Å². The van der Waals surface area contributed by atoms with Gasteiger partial charge in [-0.05, 0) is 32.0 Å². The Kier molecular flexibility index (Phi) is 6.16. The molecule has 2 aromatic rings. The van der Waals surface area contributed by atoms with Crippen LogP contribution in [0.15, 0.2) is 24.3 Å². The molecule has 0 saturated carbocycles. The Balaban J connectivity index is 1.88. The van der Waals surface area contributed by atoms with Gasteiger partial charge in [0.2, 0.25) is 0 Å². The lowest BCUT2D eigenvalue weighted by molar-refractivity contribution is 0.0505. The van der Waals surface area contributed by atoms with Crippen molar-refractivity contribution in [2.75, 3.05) is 38.3 Å². The number of hydrogen-bond acceptors (Lipinski definition) is 8. The fraction of sp³-hybridized carbons (Fsp3) is 0.400. The van der Waals surface area contributed by atoms with Crippen LogP contribution in [0.2, 0.25) is 0 Å². The quantitative estimate of drug-likeness (QED) is 0.513. The molecule has 1 aromatic heterocycles. The van der Waals surface area contributed by atoms with Crippen molar-refractivity contribution in [2.24, 2.45) is 0 Å². The van der Waals surface area contributed by atoms with Crippen LogP contribution in [0.25, 0.3) is 0 Å². The molecule has 0 spiro atoms. The zero-order chi connectivity index (χ0) is 21.0. The predicted molar refractivity (Wildman–Crippen MR) is 104 cm³/mol. The number of carbonyl (C=O) groups excluding carboxylic acids is 3. The predicted octanol–water partition coefficient (Wildman–Crippen LogP) is 1.95. The molecule has 0 bridgehead atoms. The fourth-order valence-corrected chi connectivity index (χ4v) is 2.96. The number of rotatable bonds is 7. The number of ketones is 1. The van der Waals surface area contributed by atoms with Crippen LogP contribution in [-0.4, -0.2) is 60.9 Å². The van der Waals surface area contributed by atoms with Crippen molar-refractivity contribution in [2.45, 2.75) is 20.4 Å². The van der Waals surface area contributed by atoms with Crippen molar-refractivity contribution >= 4 is 23.4 Å². The second-order valence-corrected chi connectivity index (χ2v) is 6.39. The third kappa shape index (κ3) is 4.39. The molecular weight excluding hydrogens is 378 g/mol. The van der Waals surface area contributed by atoms with E-state index >= 15 is 0 Å². The minimum Gasteiger partial charge on any atom is -0.490 e. The summed E-state index contributed by atoms with van der Waals surface area (Å²) in [6, 6.07) is 6.44. The highest BCUT2D eigenvalue weighted by molar-refractivity contribution is 5.98. The average molecular weight is 401 g/mol. The Hall–Kier alpha value is -3.36. The molecule has 0 atom stereocenters. The summed E-state index contributed by atoms with van der Waals surface area (Å²) in [6.07, 6.45) is 0. The van der Waals surface area contributed by atoms with Gasteiger partial charge < -0.3 is 19.1 Å². The van der Waals surface area contributed by atoms with Gasteiger partial charge in [0.1, 0.15) is 24.6 Å². The normalized spacial score (nSPS) is 12.7. The second kappa shape index (κ2) is 8.76. The first kappa shape index (κ1) is 20.4. The van der Waals surface area contributed by atoms with E-state index < -0.39 is 11.9 Å². The van der Waals surface area contributed by atoms with Gasteiger partial charge >= 0.3 is 11.9 Å². The molecule has 0 saturated heterocycles. The van der Waals surface area contributed by atoms with Gasteiger partial charge in [-0.25, -0.2) is 14.3 Å². The van der Waals surface area contributed by atoms with E-state index in [1.807, 2.05) is 11.9 Å². The number of likely N-dealkylation sites (N-methyl/N-ethyl adjacent to an activating group) is 1. The van der Waals surface area contributed by atoms with Crippen LogP contribution < -0.4 is 9.64 Å². The lowest BCUT2D eigenvalue weighted by atomic mass is 10.1. The molecule has 2 heterocycles. The highest BCUT2D eigenvalue weighted by atomic mass is 16.5. The molecule has 0 aliphatic carbocycles. The van der Waals surface area contributed by atoms with Gasteiger partial charge in [0, 0.05) is 18.7 Å². The summed E-state index contributed by atoms with van der Waals surface area (Å²) >= 11 is 0. The summed E-state index contributed by atoms with van der Waals surface area (Å²) in [6.45, 7) is 4.75. The summed E-state index contributed by atoms with van der Waals surface area (Å²) in [4.78, 5) is 39.1. The van der Waals surface area contributed by atoms with Gasteiger partial charge in [-0.2, -0.15) is 5.10 Å². The Morgan fingerprint density at radius 1 is 1.10 bits per heavy atom. The van der Waals surface area contributed by atoms with Crippen LogP contribution in [0, 0.1) is 0 Å². The number of Topliss-reactive ketones (excluding diaryl/α,β-unsaturated/α-hetero) is 1. The fourth-order valence-electron chi connectivity index (χ4n) is 2.96. The lowest BCUT2D eigenvalue weighted by Crippen LogP contribution is -2.29. The Bertz CT molecular complexity index is 936. The molecule has 0 radical (unpaired) electrons. The van der Waals surface area contributed by atoms with Gasteiger partial charge in [0.15, 0.2) is 11.5 Å². The summed E-state index contributed by atoms with van der Waals surface area (Å²) in [7, 11) is 1.92. The van der Waals surface area contributed by atoms with Gasteiger partial charge in [0.25, 0.3) is 0 Å².